The van der Waals surface area contributed by atoms with Crippen molar-refractivity contribution in [3.8, 4) is 5.75 Å². The molecule has 4 rings (SSSR count). The lowest BCUT2D eigenvalue weighted by atomic mass is 10.1. The topological polar surface area (TPSA) is 41.6 Å². The van der Waals surface area contributed by atoms with E-state index < -0.39 is 0 Å². The highest BCUT2D eigenvalue weighted by Gasteiger charge is 2.37. The number of hydrogen-bond donors (Lipinski definition) is 1. The molecule has 0 saturated carbocycles. The monoisotopic (exact) mass is 412 g/mol. The zero-order valence-electron chi connectivity index (χ0n) is 15.2. The van der Waals surface area contributed by atoms with Crippen molar-refractivity contribution in [1.82, 2.24) is 4.90 Å². The molecule has 1 amide bonds. The predicted molar refractivity (Wildman–Crippen MR) is 112 cm³/mol. The number of benzene rings is 3. The lowest BCUT2D eigenvalue weighted by Gasteiger charge is -2.28. The molecule has 0 saturated heterocycles. The van der Waals surface area contributed by atoms with Gasteiger partial charge in [0.1, 0.15) is 11.9 Å². The molecule has 6 heteroatoms. The third-order valence-electron chi connectivity index (χ3n) is 4.81. The van der Waals surface area contributed by atoms with Crippen LogP contribution in [0, 0.1) is 0 Å². The number of ether oxygens (including phenoxy) is 1. The predicted octanol–water partition coefficient (Wildman–Crippen LogP) is 5.77. The molecule has 1 aliphatic rings. The largest absolute Gasteiger partial charge is 0.495 e. The van der Waals surface area contributed by atoms with Crippen LogP contribution in [-0.4, -0.2) is 17.9 Å². The number of nitrogens with zero attached hydrogens (tertiary/aromatic N) is 1. The Labute approximate surface area is 173 Å². The van der Waals surface area contributed by atoms with Gasteiger partial charge in [-0.3, -0.25) is 4.79 Å². The Bertz CT molecular complexity index is 1040. The van der Waals surface area contributed by atoms with Gasteiger partial charge < -0.3 is 15.0 Å². The number of rotatable bonds is 5. The van der Waals surface area contributed by atoms with E-state index in [4.69, 9.17) is 27.9 Å². The molecule has 0 aromatic heterocycles. The minimum absolute atomic E-state index is 0.0472. The van der Waals surface area contributed by atoms with Crippen LogP contribution in [0.4, 0.5) is 5.69 Å². The molecule has 0 radical (unpaired) electrons. The SMILES string of the molecule is COc1ccc(Cl)cc1N[C@H]1c2ccccc2C(=O)N1Cc1ccccc1Cl. The molecule has 1 heterocycles. The standard InChI is InChI=1S/C22H18Cl2N2O2/c1-28-20-11-10-15(23)12-19(20)25-21-16-7-3-4-8-17(16)22(27)26(21)13-14-6-2-5-9-18(14)24/h2-12,21,25H,13H2,1H3/t21-/m1/s1. The Morgan fingerprint density at radius 2 is 1.79 bits per heavy atom. The van der Waals surface area contributed by atoms with Gasteiger partial charge in [-0.2, -0.15) is 0 Å². The van der Waals surface area contributed by atoms with Crippen LogP contribution in [0.3, 0.4) is 0 Å². The molecule has 1 aliphatic heterocycles. The van der Waals surface area contributed by atoms with Gasteiger partial charge in [0.2, 0.25) is 0 Å². The fourth-order valence-electron chi connectivity index (χ4n) is 3.44. The molecular formula is C22H18Cl2N2O2. The first-order chi connectivity index (χ1) is 13.6. The van der Waals surface area contributed by atoms with Gasteiger partial charge >= 0.3 is 0 Å². The van der Waals surface area contributed by atoms with Gasteiger partial charge in [0, 0.05) is 27.7 Å². The molecule has 3 aromatic rings. The number of carbonyl (C=O) groups is 1. The van der Waals surface area contributed by atoms with Gasteiger partial charge in [-0.25, -0.2) is 0 Å². The summed E-state index contributed by atoms with van der Waals surface area (Å²) in [6.45, 7) is 0.383. The molecule has 28 heavy (non-hydrogen) atoms. The van der Waals surface area contributed by atoms with E-state index in [0.29, 0.717) is 33.6 Å². The minimum atomic E-state index is -0.368. The second-order valence-electron chi connectivity index (χ2n) is 6.50. The summed E-state index contributed by atoms with van der Waals surface area (Å²) < 4.78 is 5.45. The van der Waals surface area contributed by atoms with Gasteiger partial charge in [-0.15, -0.1) is 0 Å². The summed E-state index contributed by atoms with van der Waals surface area (Å²) in [5, 5.41) is 4.64. The molecule has 0 fully saturated rings. The third kappa shape index (κ3) is 3.41. The number of nitrogens with one attached hydrogen (secondary N) is 1. The Morgan fingerprint density at radius 3 is 2.57 bits per heavy atom. The highest BCUT2D eigenvalue weighted by Crippen LogP contribution is 2.39. The van der Waals surface area contributed by atoms with Crippen LogP contribution in [0.2, 0.25) is 10.0 Å². The van der Waals surface area contributed by atoms with Gasteiger partial charge in [0.25, 0.3) is 5.91 Å². The van der Waals surface area contributed by atoms with E-state index >= 15 is 0 Å². The summed E-state index contributed by atoms with van der Waals surface area (Å²) in [5.74, 6) is 0.605. The van der Waals surface area contributed by atoms with E-state index in [1.54, 1.807) is 30.2 Å². The fourth-order valence-corrected chi connectivity index (χ4v) is 3.81. The van der Waals surface area contributed by atoms with E-state index in [0.717, 1.165) is 11.1 Å². The molecule has 4 nitrogen and oxygen atoms in total. The minimum Gasteiger partial charge on any atom is -0.495 e. The summed E-state index contributed by atoms with van der Waals surface area (Å²) in [6, 6.07) is 20.5. The first-order valence-corrected chi connectivity index (χ1v) is 9.57. The fraction of sp³-hybridized carbons (Fsp3) is 0.136. The lowest BCUT2D eigenvalue weighted by molar-refractivity contribution is 0.0728. The van der Waals surface area contributed by atoms with Crippen molar-refractivity contribution in [1.29, 1.82) is 0 Å². The Morgan fingerprint density at radius 1 is 1.04 bits per heavy atom. The van der Waals surface area contributed by atoms with E-state index in [1.807, 2.05) is 48.5 Å². The zero-order valence-corrected chi connectivity index (χ0v) is 16.7. The van der Waals surface area contributed by atoms with Crippen LogP contribution in [0.1, 0.15) is 27.7 Å². The maximum absolute atomic E-state index is 13.1. The van der Waals surface area contributed by atoms with Crippen LogP contribution < -0.4 is 10.1 Å². The van der Waals surface area contributed by atoms with Gasteiger partial charge in [0.15, 0.2) is 0 Å². The molecule has 3 aromatic carbocycles. The van der Waals surface area contributed by atoms with Crippen LogP contribution in [-0.2, 0) is 6.54 Å². The third-order valence-corrected chi connectivity index (χ3v) is 5.41. The normalized spacial score (nSPS) is 15.5. The van der Waals surface area contributed by atoms with Crippen molar-refractivity contribution in [2.75, 3.05) is 12.4 Å². The number of hydrogen-bond acceptors (Lipinski definition) is 3. The van der Waals surface area contributed by atoms with Gasteiger partial charge in [-0.1, -0.05) is 59.6 Å². The Hall–Kier alpha value is -2.69. The van der Waals surface area contributed by atoms with Crippen LogP contribution >= 0.6 is 23.2 Å². The van der Waals surface area contributed by atoms with E-state index in [1.165, 1.54) is 0 Å². The second kappa shape index (κ2) is 7.74. The molecule has 142 valence electrons. The number of anilines is 1. The van der Waals surface area contributed by atoms with Gasteiger partial charge in [0.05, 0.1) is 12.8 Å². The first-order valence-electron chi connectivity index (χ1n) is 8.82. The number of carbonyl (C=O) groups excluding carboxylic acids is 1. The number of methoxy groups -OCH3 is 1. The quantitative estimate of drug-likeness (QED) is 0.578. The summed E-state index contributed by atoms with van der Waals surface area (Å²) in [7, 11) is 1.60. The van der Waals surface area contributed by atoms with Crippen LogP contribution in [0.15, 0.2) is 66.7 Å². The summed E-state index contributed by atoms with van der Waals surface area (Å²) >= 11 is 12.5. The average Bonchev–Trinajstić information content (AvgIpc) is 2.96. The molecular weight excluding hydrogens is 395 g/mol. The maximum atomic E-state index is 13.1. The summed E-state index contributed by atoms with van der Waals surface area (Å²) in [5.41, 5.74) is 3.18. The Balaban J connectivity index is 1.74. The second-order valence-corrected chi connectivity index (χ2v) is 7.35. The maximum Gasteiger partial charge on any atom is 0.256 e. The first kappa shape index (κ1) is 18.7. The molecule has 1 atom stereocenters. The van der Waals surface area contributed by atoms with Crippen molar-refractivity contribution < 1.29 is 9.53 Å². The van der Waals surface area contributed by atoms with Gasteiger partial charge in [-0.05, 0) is 35.9 Å². The smallest absolute Gasteiger partial charge is 0.256 e. The van der Waals surface area contributed by atoms with Crippen LogP contribution in [0.25, 0.3) is 0 Å². The molecule has 0 bridgehead atoms. The van der Waals surface area contributed by atoms with Crippen LogP contribution in [0.5, 0.6) is 5.75 Å². The van der Waals surface area contributed by atoms with E-state index in [9.17, 15) is 4.79 Å². The summed E-state index contributed by atoms with van der Waals surface area (Å²) in [4.78, 5) is 14.9. The molecule has 0 unspecified atom stereocenters. The van der Waals surface area contributed by atoms with E-state index in [2.05, 4.69) is 5.32 Å². The lowest BCUT2D eigenvalue weighted by Crippen LogP contribution is -2.32. The zero-order chi connectivity index (χ0) is 19.7. The van der Waals surface area contributed by atoms with Crippen molar-refractivity contribution in [3.05, 3.63) is 93.5 Å². The molecule has 0 spiro atoms. The van der Waals surface area contributed by atoms with Crippen molar-refractivity contribution in [2.24, 2.45) is 0 Å². The molecule has 1 N–H and O–H groups in total. The van der Waals surface area contributed by atoms with E-state index in [-0.39, 0.29) is 12.1 Å². The van der Waals surface area contributed by atoms with Crippen molar-refractivity contribution in [3.63, 3.8) is 0 Å². The Kier molecular flexibility index (Phi) is 5.16. The summed E-state index contributed by atoms with van der Waals surface area (Å²) in [6.07, 6.45) is -0.368. The number of amides is 1. The van der Waals surface area contributed by atoms with Crippen molar-refractivity contribution >= 4 is 34.8 Å². The number of halogens is 2. The highest BCUT2D eigenvalue weighted by atomic mass is 35.5. The highest BCUT2D eigenvalue weighted by molar-refractivity contribution is 6.31. The van der Waals surface area contributed by atoms with Crippen molar-refractivity contribution in [2.45, 2.75) is 12.7 Å². The number of fused-ring (bicyclic) bond motifs is 1. The average molecular weight is 413 g/mol. The molecule has 0 aliphatic carbocycles.